The van der Waals surface area contributed by atoms with Gasteiger partial charge in [-0.3, -0.25) is 9.69 Å². The first-order chi connectivity index (χ1) is 12.6. The second kappa shape index (κ2) is 9.17. The molecule has 26 heavy (non-hydrogen) atoms. The van der Waals surface area contributed by atoms with Gasteiger partial charge in [0.25, 0.3) is 0 Å². The molecular formula is C21H26ClN3O. The van der Waals surface area contributed by atoms with Crippen LogP contribution in [0.5, 0.6) is 0 Å². The molecule has 1 aliphatic rings. The highest BCUT2D eigenvalue weighted by Crippen LogP contribution is 2.26. The fourth-order valence-corrected chi connectivity index (χ4v) is 3.72. The second-order valence-electron chi connectivity index (χ2n) is 6.84. The van der Waals surface area contributed by atoms with Gasteiger partial charge in [-0.25, -0.2) is 0 Å². The van der Waals surface area contributed by atoms with E-state index in [0.717, 1.165) is 29.2 Å². The Morgan fingerprint density at radius 1 is 1.08 bits per heavy atom. The van der Waals surface area contributed by atoms with Gasteiger partial charge in [0.2, 0.25) is 5.91 Å². The number of halogens is 1. The van der Waals surface area contributed by atoms with Crippen LogP contribution >= 0.6 is 11.6 Å². The summed E-state index contributed by atoms with van der Waals surface area (Å²) in [5.41, 5.74) is 8.29. The Morgan fingerprint density at radius 2 is 1.77 bits per heavy atom. The maximum Gasteiger partial charge on any atom is 0.221 e. The molecule has 138 valence electrons. The quantitative estimate of drug-likeness (QED) is 0.780. The van der Waals surface area contributed by atoms with Crippen molar-refractivity contribution >= 4 is 17.5 Å². The lowest BCUT2D eigenvalue weighted by atomic mass is 10.0. The normalized spacial score (nSPS) is 17.0. The number of benzene rings is 2. The van der Waals surface area contributed by atoms with Crippen molar-refractivity contribution in [3.8, 4) is 0 Å². The van der Waals surface area contributed by atoms with Gasteiger partial charge >= 0.3 is 0 Å². The van der Waals surface area contributed by atoms with Crippen molar-refractivity contribution in [2.75, 3.05) is 19.6 Å². The third-order valence-electron chi connectivity index (χ3n) is 4.94. The third-order valence-corrected chi connectivity index (χ3v) is 5.18. The predicted octanol–water partition coefficient (Wildman–Crippen LogP) is 3.68. The minimum Gasteiger partial charge on any atom is -0.354 e. The van der Waals surface area contributed by atoms with E-state index in [1.54, 1.807) is 0 Å². The van der Waals surface area contributed by atoms with E-state index >= 15 is 0 Å². The lowest BCUT2D eigenvalue weighted by Gasteiger charge is -2.28. The minimum absolute atomic E-state index is 0.0208. The Balaban J connectivity index is 1.61. The molecule has 0 aliphatic carbocycles. The molecule has 1 aliphatic heterocycles. The zero-order chi connectivity index (χ0) is 18.4. The molecule has 4 nitrogen and oxygen atoms in total. The van der Waals surface area contributed by atoms with E-state index in [1.165, 1.54) is 12.8 Å². The molecule has 1 saturated heterocycles. The van der Waals surface area contributed by atoms with Gasteiger partial charge in [0.1, 0.15) is 0 Å². The van der Waals surface area contributed by atoms with Gasteiger partial charge < -0.3 is 11.1 Å². The van der Waals surface area contributed by atoms with Crippen LogP contribution in [0.1, 0.15) is 42.5 Å². The number of nitrogens with zero attached hydrogens (tertiary/aromatic N) is 1. The average Bonchev–Trinajstić information content (AvgIpc) is 3.17. The number of nitrogens with one attached hydrogen (secondary N) is 1. The minimum atomic E-state index is -0.285. The number of amides is 1. The van der Waals surface area contributed by atoms with E-state index in [9.17, 15) is 4.79 Å². The van der Waals surface area contributed by atoms with Gasteiger partial charge in [0.05, 0.1) is 6.04 Å². The molecule has 0 spiro atoms. The van der Waals surface area contributed by atoms with Crippen molar-refractivity contribution in [1.82, 2.24) is 10.2 Å². The molecule has 1 amide bonds. The smallest absolute Gasteiger partial charge is 0.221 e. The summed E-state index contributed by atoms with van der Waals surface area (Å²) in [5, 5.41) is 3.80. The van der Waals surface area contributed by atoms with Crippen LogP contribution in [0.4, 0.5) is 0 Å². The molecule has 0 saturated carbocycles. The molecule has 1 fully saturated rings. The van der Waals surface area contributed by atoms with Gasteiger partial charge in [0, 0.05) is 24.0 Å². The second-order valence-corrected chi connectivity index (χ2v) is 7.28. The lowest BCUT2D eigenvalue weighted by Crippen LogP contribution is -2.37. The zero-order valence-electron chi connectivity index (χ0n) is 14.9. The van der Waals surface area contributed by atoms with Gasteiger partial charge in [-0.05, 0) is 49.2 Å². The summed E-state index contributed by atoms with van der Waals surface area (Å²) in [5.74, 6) is -0.0208. The summed E-state index contributed by atoms with van der Waals surface area (Å²) in [6.07, 6.45) is 2.68. The van der Waals surface area contributed by atoms with Crippen molar-refractivity contribution in [2.24, 2.45) is 5.73 Å². The molecule has 0 radical (unpaired) electrons. The molecule has 3 rings (SSSR count). The summed E-state index contributed by atoms with van der Waals surface area (Å²) in [6, 6.07) is 17.5. The van der Waals surface area contributed by atoms with E-state index in [4.69, 9.17) is 17.3 Å². The third kappa shape index (κ3) is 5.07. The first-order valence-corrected chi connectivity index (χ1v) is 9.58. The first-order valence-electron chi connectivity index (χ1n) is 9.20. The number of hydrogen-bond donors (Lipinski definition) is 2. The van der Waals surface area contributed by atoms with Gasteiger partial charge in [-0.2, -0.15) is 0 Å². The topological polar surface area (TPSA) is 58.4 Å². The summed E-state index contributed by atoms with van der Waals surface area (Å²) in [4.78, 5) is 14.8. The predicted molar refractivity (Wildman–Crippen MR) is 106 cm³/mol. The van der Waals surface area contributed by atoms with E-state index < -0.39 is 0 Å². The Hall–Kier alpha value is -1.88. The number of hydrogen-bond acceptors (Lipinski definition) is 3. The highest BCUT2D eigenvalue weighted by Gasteiger charge is 2.24. The van der Waals surface area contributed by atoms with Crippen LogP contribution in [0.25, 0.3) is 0 Å². The van der Waals surface area contributed by atoms with Crippen molar-refractivity contribution in [1.29, 1.82) is 0 Å². The maximum absolute atomic E-state index is 12.4. The summed E-state index contributed by atoms with van der Waals surface area (Å²) < 4.78 is 0. The standard InChI is InChI=1S/C21H26ClN3O/c22-18-10-6-9-17(13-18)20(25-11-4-5-12-25)15-24-21(26)14-19(23)16-7-2-1-3-8-16/h1-3,6-10,13,19-20H,4-5,11-12,14-15,23H2,(H,24,26). The molecule has 1 heterocycles. The maximum atomic E-state index is 12.4. The summed E-state index contributed by atoms with van der Waals surface area (Å²) >= 11 is 6.17. The number of carbonyl (C=O) groups is 1. The van der Waals surface area contributed by atoms with Crippen LogP contribution in [-0.4, -0.2) is 30.4 Å². The largest absolute Gasteiger partial charge is 0.354 e. The first kappa shape index (κ1) is 18.9. The van der Waals surface area contributed by atoms with Crippen molar-refractivity contribution in [3.05, 3.63) is 70.7 Å². The number of carbonyl (C=O) groups excluding carboxylic acids is 1. The molecule has 3 N–H and O–H groups in total. The lowest BCUT2D eigenvalue weighted by molar-refractivity contribution is -0.121. The van der Waals surface area contributed by atoms with Crippen LogP contribution in [0.2, 0.25) is 5.02 Å². The van der Waals surface area contributed by atoms with Crippen molar-refractivity contribution in [2.45, 2.75) is 31.3 Å². The Labute approximate surface area is 160 Å². The van der Waals surface area contributed by atoms with Crippen LogP contribution in [0.15, 0.2) is 54.6 Å². The van der Waals surface area contributed by atoms with Crippen LogP contribution in [-0.2, 0) is 4.79 Å². The SMILES string of the molecule is NC(CC(=O)NCC(c1cccc(Cl)c1)N1CCCC1)c1ccccc1. The monoisotopic (exact) mass is 371 g/mol. The molecule has 2 unspecified atom stereocenters. The van der Waals surface area contributed by atoms with E-state index in [2.05, 4.69) is 16.3 Å². The van der Waals surface area contributed by atoms with Crippen molar-refractivity contribution < 1.29 is 4.79 Å². The van der Waals surface area contributed by atoms with E-state index in [0.29, 0.717) is 6.54 Å². The van der Waals surface area contributed by atoms with E-state index in [-0.39, 0.29) is 24.4 Å². The Kier molecular flexibility index (Phi) is 6.67. The molecule has 2 aromatic rings. The van der Waals surface area contributed by atoms with Crippen LogP contribution in [0.3, 0.4) is 0 Å². The Morgan fingerprint density at radius 3 is 2.46 bits per heavy atom. The van der Waals surface area contributed by atoms with Crippen molar-refractivity contribution in [3.63, 3.8) is 0 Å². The Bertz CT molecular complexity index is 716. The van der Waals surface area contributed by atoms with Gasteiger partial charge in [-0.1, -0.05) is 54.1 Å². The highest BCUT2D eigenvalue weighted by molar-refractivity contribution is 6.30. The summed E-state index contributed by atoms with van der Waals surface area (Å²) in [6.45, 7) is 2.67. The van der Waals surface area contributed by atoms with Gasteiger partial charge in [-0.15, -0.1) is 0 Å². The van der Waals surface area contributed by atoms with E-state index in [1.807, 2.05) is 48.5 Å². The highest BCUT2D eigenvalue weighted by atomic mass is 35.5. The van der Waals surface area contributed by atoms with Gasteiger partial charge in [0.15, 0.2) is 0 Å². The molecule has 2 aromatic carbocycles. The number of likely N-dealkylation sites (tertiary alicyclic amines) is 1. The molecular weight excluding hydrogens is 346 g/mol. The molecule has 5 heteroatoms. The molecule has 2 atom stereocenters. The molecule has 0 bridgehead atoms. The van der Waals surface area contributed by atoms with Crippen LogP contribution < -0.4 is 11.1 Å². The average molecular weight is 372 g/mol. The fourth-order valence-electron chi connectivity index (χ4n) is 3.53. The molecule has 0 aromatic heterocycles. The number of rotatable bonds is 7. The number of nitrogens with two attached hydrogens (primary N) is 1. The van der Waals surface area contributed by atoms with Crippen LogP contribution in [0, 0.1) is 0 Å². The summed E-state index contributed by atoms with van der Waals surface area (Å²) in [7, 11) is 0. The zero-order valence-corrected chi connectivity index (χ0v) is 15.7. The fraction of sp³-hybridized carbons (Fsp3) is 0.381.